The topological polar surface area (TPSA) is 74.2 Å². The third-order valence-electron chi connectivity index (χ3n) is 3.68. The predicted molar refractivity (Wildman–Crippen MR) is 66.7 cm³/mol. The van der Waals surface area contributed by atoms with Crippen molar-refractivity contribution in [3.8, 4) is 5.75 Å². The van der Waals surface area contributed by atoms with E-state index in [1.54, 1.807) is 0 Å². The van der Waals surface area contributed by atoms with Crippen molar-refractivity contribution in [1.82, 2.24) is 15.6 Å². The van der Waals surface area contributed by atoms with Gasteiger partial charge in [0.05, 0.1) is 0 Å². The van der Waals surface area contributed by atoms with E-state index in [0.717, 1.165) is 12.8 Å². The van der Waals surface area contributed by atoms with Crippen molar-refractivity contribution in [3.63, 3.8) is 0 Å². The van der Waals surface area contributed by atoms with Gasteiger partial charge in [-0.3, -0.25) is 4.79 Å². The zero-order valence-electron chi connectivity index (χ0n) is 9.69. The number of carbonyl (C=O) groups is 1. The maximum Gasteiger partial charge on any atom is 0.270 e. The molecule has 0 aliphatic carbocycles. The van der Waals surface area contributed by atoms with Gasteiger partial charge in [-0.25, -0.2) is 4.98 Å². The SMILES string of the molecule is O=C(N[C@@H]1C[C@H]2CC[C@@H]1N2)c1ccc(O)c(Cl)n1. The second kappa shape index (κ2) is 4.40. The molecule has 96 valence electrons. The predicted octanol–water partition coefficient (Wildman–Crippen LogP) is 1.06. The van der Waals surface area contributed by atoms with Gasteiger partial charge in [0.2, 0.25) is 0 Å². The highest BCUT2D eigenvalue weighted by Gasteiger charge is 2.39. The number of aromatic nitrogens is 1. The van der Waals surface area contributed by atoms with Crippen LogP contribution >= 0.6 is 11.6 Å². The van der Waals surface area contributed by atoms with Gasteiger partial charge < -0.3 is 15.7 Å². The second-order valence-electron chi connectivity index (χ2n) is 4.87. The van der Waals surface area contributed by atoms with Crippen molar-refractivity contribution in [3.05, 3.63) is 23.0 Å². The lowest BCUT2D eigenvalue weighted by Crippen LogP contribution is -2.43. The van der Waals surface area contributed by atoms with Gasteiger partial charge >= 0.3 is 0 Å². The molecule has 0 saturated carbocycles. The first-order valence-corrected chi connectivity index (χ1v) is 6.43. The Hall–Kier alpha value is -1.33. The Balaban J connectivity index is 1.69. The van der Waals surface area contributed by atoms with Crippen LogP contribution in [-0.4, -0.2) is 34.1 Å². The molecule has 18 heavy (non-hydrogen) atoms. The lowest BCUT2D eigenvalue weighted by Gasteiger charge is -2.21. The second-order valence-corrected chi connectivity index (χ2v) is 5.23. The van der Waals surface area contributed by atoms with Crippen LogP contribution in [0.2, 0.25) is 5.15 Å². The molecule has 2 aliphatic rings. The van der Waals surface area contributed by atoms with E-state index >= 15 is 0 Å². The largest absolute Gasteiger partial charge is 0.505 e. The van der Waals surface area contributed by atoms with Gasteiger partial charge in [0.25, 0.3) is 5.91 Å². The fraction of sp³-hybridized carbons (Fsp3) is 0.500. The number of nitrogens with zero attached hydrogens (tertiary/aromatic N) is 1. The molecule has 1 amide bonds. The third-order valence-corrected chi connectivity index (χ3v) is 3.96. The minimum absolute atomic E-state index is 0.0475. The standard InChI is InChI=1S/C12H14ClN3O2/c13-11-10(17)4-3-8(15-11)12(18)16-9-5-6-1-2-7(9)14-6/h3-4,6-7,9,14,17H,1-2,5H2,(H,16,18)/t6-,7+,9-/m1/s1. The average Bonchev–Trinajstić information content (AvgIpc) is 2.94. The average molecular weight is 268 g/mol. The molecule has 2 bridgehead atoms. The van der Waals surface area contributed by atoms with Crippen molar-refractivity contribution in [2.75, 3.05) is 0 Å². The molecular weight excluding hydrogens is 254 g/mol. The smallest absolute Gasteiger partial charge is 0.270 e. The Morgan fingerprint density at radius 1 is 1.50 bits per heavy atom. The van der Waals surface area contributed by atoms with Crippen LogP contribution in [0.5, 0.6) is 5.75 Å². The van der Waals surface area contributed by atoms with Crippen molar-refractivity contribution < 1.29 is 9.90 Å². The summed E-state index contributed by atoms with van der Waals surface area (Å²) >= 11 is 5.68. The maximum atomic E-state index is 12.0. The summed E-state index contributed by atoms with van der Waals surface area (Å²) in [7, 11) is 0. The van der Waals surface area contributed by atoms with Crippen molar-refractivity contribution in [2.24, 2.45) is 0 Å². The van der Waals surface area contributed by atoms with Gasteiger partial charge in [-0.15, -0.1) is 0 Å². The van der Waals surface area contributed by atoms with Gasteiger partial charge in [-0.1, -0.05) is 11.6 Å². The lowest BCUT2D eigenvalue weighted by molar-refractivity contribution is 0.0926. The number of pyridine rings is 1. The molecule has 3 heterocycles. The van der Waals surface area contributed by atoms with Crippen LogP contribution in [0, 0.1) is 0 Å². The Morgan fingerprint density at radius 2 is 2.33 bits per heavy atom. The van der Waals surface area contributed by atoms with Crippen LogP contribution in [-0.2, 0) is 0 Å². The first-order valence-electron chi connectivity index (χ1n) is 6.06. The molecule has 0 radical (unpaired) electrons. The highest BCUT2D eigenvalue weighted by molar-refractivity contribution is 6.30. The van der Waals surface area contributed by atoms with E-state index in [1.165, 1.54) is 18.6 Å². The van der Waals surface area contributed by atoms with E-state index in [2.05, 4.69) is 15.6 Å². The quantitative estimate of drug-likeness (QED) is 0.701. The van der Waals surface area contributed by atoms with Crippen LogP contribution in [0.1, 0.15) is 29.8 Å². The number of nitrogens with one attached hydrogen (secondary N) is 2. The van der Waals surface area contributed by atoms with Crippen LogP contribution in [0.25, 0.3) is 0 Å². The van der Waals surface area contributed by atoms with Crippen LogP contribution < -0.4 is 10.6 Å². The number of fused-ring (bicyclic) bond motifs is 2. The first kappa shape index (κ1) is 11.7. The molecule has 0 aromatic carbocycles. The Kier molecular flexibility index (Phi) is 2.87. The minimum Gasteiger partial charge on any atom is -0.505 e. The number of carbonyl (C=O) groups excluding carboxylic acids is 1. The molecule has 1 aromatic rings. The normalized spacial score (nSPS) is 29.5. The zero-order chi connectivity index (χ0) is 12.7. The fourth-order valence-corrected chi connectivity index (χ4v) is 2.93. The molecule has 0 spiro atoms. The number of aromatic hydroxyl groups is 1. The third kappa shape index (κ3) is 2.04. The highest BCUT2D eigenvalue weighted by Crippen LogP contribution is 2.28. The summed E-state index contributed by atoms with van der Waals surface area (Å²) < 4.78 is 0. The van der Waals surface area contributed by atoms with Crippen molar-refractivity contribution in [1.29, 1.82) is 0 Å². The van der Waals surface area contributed by atoms with Crippen LogP contribution in [0.15, 0.2) is 12.1 Å². The summed E-state index contributed by atoms with van der Waals surface area (Å²) in [6.45, 7) is 0. The van der Waals surface area contributed by atoms with Gasteiger partial charge in [0, 0.05) is 18.1 Å². The lowest BCUT2D eigenvalue weighted by atomic mass is 9.95. The van der Waals surface area contributed by atoms with Gasteiger partial charge in [-0.05, 0) is 31.4 Å². The first-order chi connectivity index (χ1) is 8.63. The van der Waals surface area contributed by atoms with E-state index < -0.39 is 0 Å². The van der Waals surface area contributed by atoms with E-state index in [0.29, 0.717) is 12.1 Å². The van der Waals surface area contributed by atoms with E-state index in [9.17, 15) is 9.90 Å². The molecule has 2 saturated heterocycles. The molecule has 3 N–H and O–H groups in total. The molecule has 0 unspecified atom stereocenters. The van der Waals surface area contributed by atoms with Gasteiger partial charge in [0.1, 0.15) is 5.69 Å². The number of hydrogen-bond donors (Lipinski definition) is 3. The summed E-state index contributed by atoms with van der Waals surface area (Å²) in [6.07, 6.45) is 3.28. The van der Waals surface area contributed by atoms with E-state index in [-0.39, 0.29) is 28.5 Å². The molecule has 1 aromatic heterocycles. The fourth-order valence-electron chi connectivity index (χ4n) is 2.78. The van der Waals surface area contributed by atoms with E-state index in [4.69, 9.17) is 11.6 Å². The Bertz CT molecular complexity index is 494. The summed E-state index contributed by atoms with van der Waals surface area (Å²) in [5.74, 6) is -0.356. The minimum atomic E-state index is -0.240. The zero-order valence-corrected chi connectivity index (χ0v) is 10.4. The number of hydrogen-bond acceptors (Lipinski definition) is 4. The highest BCUT2D eigenvalue weighted by atomic mass is 35.5. The Labute approximate surface area is 110 Å². The summed E-state index contributed by atoms with van der Waals surface area (Å²) in [4.78, 5) is 15.9. The van der Waals surface area contributed by atoms with Gasteiger partial charge in [0.15, 0.2) is 10.9 Å². The molecule has 2 aliphatic heterocycles. The van der Waals surface area contributed by atoms with Crippen LogP contribution in [0.4, 0.5) is 0 Å². The number of halogens is 1. The maximum absolute atomic E-state index is 12.0. The number of rotatable bonds is 2. The van der Waals surface area contributed by atoms with E-state index in [1.807, 2.05) is 0 Å². The molecule has 3 rings (SSSR count). The summed E-state index contributed by atoms with van der Waals surface area (Å²) in [5, 5.41) is 15.6. The molecule has 6 heteroatoms. The van der Waals surface area contributed by atoms with Crippen LogP contribution in [0.3, 0.4) is 0 Å². The Morgan fingerprint density at radius 3 is 2.94 bits per heavy atom. The van der Waals surface area contributed by atoms with Crippen molar-refractivity contribution in [2.45, 2.75) is 37.4 Å². The summed E-state index contributed by atoms with van der Waals surface area (Å²) in [5.41, 5.74) is 0.237. The molecular formula is C12H14ClN3O2. The number of amides is 1. The molecule has 3 atom stereocenters. The molecule has 5 nitrogen and oxygen atoms in total. The summed E-state index contributed by atoms with van der Waals surface area (Å²) in [6, 6.07) is 3.94. The molecule has 2 fully saturated rings. The van der Waals surface area contributed by atoms with Gasteiger partial charge in [-0.2, -0.15) is 0 Å². The van der Waals surface area contributed by atoms with Crippen molar-refractivity contribution >= 4 is 17.5 Å². The monoisotopic (exact) mass is 267 g/mol.